The summed E-state index contributed by atoms with van der Waals surface area (Å²) < 4.78 is 49.7. The number of benzene rings is 1. The first-order chi connectivity index (χ1) is 8.24. The maximum absolute atomic E-state index is 12.7. The summed E-state index contributed by atoms with van der Waals surface area (Å²) in [6.07, 6.45) is -3.81. The summed E-state index contributed by atoms with van der Waals surface area (Å²) in [7, 11) is 0. The van der Waals surface area contributed by atoms with E-state index in [1.54, 1.807) is 0 Å². The van der Waals surface area contributed by atoms with Crippen molar-refractivity contribution in [3.05, 3.63) is 28.2 Å². The topological polar surface area (TPSA) is 49.3 Å². The highest BCUT2D eigenvalue weighted by Gasteiger charge is 2.40. The lowest BCUT2D eigenvalue weighted by Gasteiger charge is -2.17. The fourth-order valence-electron chi connectivity index (χ4n) is 1.14. The van der Waals surface area contributed by atoms with Gasteiger partial charge in [-0.05, 0) is 18.2 Å². The van der Waals surface area contributed by atoms with Crippen LogP contribution in [0.25, 0.3) is 0 Å². The number of alkyl halides is 4. The Bertz CT molecular complexity index is 454. The zero-order chi connectivity index (χ0) is 13.9. The van der Waals surface area contributed by atoms with Crippen molar-refractivity contribution < 1.29 is 27.5 Å². The van der Waals surface area contributed by atoms with Gasteiger partial charge in [-0.25, -0.2) is 13.6 Å². The van der Waals surface area contributed by atoms with Gasteiger partial charge < -0.3 is 10.4 Å². The lowest BCUT2D eigenvalue weighted by atomic mass is 10.1. The molecule has 0 atom stereocenters. The summed E-state index contributed by atoms with van der Waals surface area (Å²) >= 11 is 3.03. The van der Waals surface area contributed by atoms with Gasteiger partial charge >= 0.3 is 18.3 Å². The minimum atomic E-state index is -4.22. The highest BCUT2D eigenvalue weighted by Crippen LogP contribution is 2.26. The Morgan fingerprint density at radius 3 is 2.56 bits per heavy atom. The Morgan fingerprint density at radius 1 is 1.44 bits per heavy atom. The highest BCUT2D eigenvalue weighted by atomic mass is 79.9. The third kappa shape index (κ3) is 3.59. The Kier molecular flexibility index (Phi) is 4.55. The van der Waals surface area contributed by atoms with Gasteiger partial charge in [0.15, 0.2) is 0 Å². The van der Waals surface area contributed by atoms with Crippen molar-refractivity contribution in [2.45, 2.75) is 12.3 Å². The molecule has 0 aliphatic rings. The Labute approximate surface area is 108 Å². The van der Waals surface area contributed by atoms with E-state index in [1.165, 1.54) is 18.2 Å². The minimum absolute atomic E-state index is 0.155. The van der Waals surface area contributed by atoms with E-state index in [0.29, 0.717) is 4.47 Å². The Hall–Kier alpha value is -1.31. The number of carbonyl (C=O) groups is 1. The molecule has 0 saturated carbocycles. The van der Waals surface area contributed by atoms with Gasteiger partial charge in [-0.15, -0.1) is 0 Å². The van der Waals surface area contributed by atoms with E-state index in [-0.39, 0.29) is 11.3 Å². The number of hydrogen-bond donors (Lipinski definition) is 2. The van der Waals surface area contributed by atoms with Crippen LogP contribution in [0.4, 0.5) is 23.2 Å². The van der Waals surface area contributed by atoms with E-state index in [9.17, 15) is 22.4 Å². The first-order valence-electron chi connectivity index (χ1n) is 4.66. The van der Waals surface area contributed by atoms with Crippen LogP contribution in [0.3, 0.4) is 0 Å². The molecule has 0 amide bonds. The summed E-state index contributed by atoms with van der Waals surface area (Å²) in [5.74, 6) is -5.57. The van der Waals surface area contributed by atoms with E-state index < -0.39 is 24.9 Å². The molecule has 0 bridgehead atoms. The molecule has 100 valence electrons. The van der Waals surface area contributed by atoms with Gasteiger partial charge in [0.1, 0.15) is 0 Å². The van der Waals surface area contributed by atoms with Gasteiger partial charge in [0.05, 0.1) is 17.8 Å². The summed E-state index contributed by atoms with van der Waals surface area (Å²) in [6.45, 7) is -1.35. The van der Waals surface area contributed by atoms with E-state index in [0.717, 1.165) is 0 Å². The molecule has 0 heterocycles. The molecule has 3 nitrogen and oxygen atoms in total. The molecule has 0 fully saturated rings. The lowest BCUT2D eigenvalue weighted by molar-refractivity contribution is -0.117. The quantitative estimate of drug-likeness (QED) is 0.813. The van der Waals surface area contributed by atoms with Gasteiger partial charge in [0.25, 0.3) is 0 Å². The van der Waals surface area contributed by atoms with Crippen LogP contribution < -0.4 is 5.32 Å². The van der Waals surface area contributed by atoms with Crippen LogP contribution in [0.2, 0.25) is 0 Å². The van der Waals surface area contributed by atoms with E-state index in [4.69, 9.17) is 5.11 Å². The molecule has 2 N–H and O–H groups in total. The lowest BCUT2D eigenvalue weighted by Crippen LogP contribution is -2.35. The van der Waals surface area contributed by atoms with Gasteiger partial charge in [-0.3, -0.25) is 0 Å². The summed E-state index contributed by atoms with van der Waals surface area (Å²) in [5.41, 5.74) is -0.430. The average Bonchev–Trinajstić information content (AvgIpc) is 2.26. The SMILES string of the molecule is O=C(O)c1ccc(Br)cc1NCC(F)(F)C(F)F. The largest absolute Gasteiger partial charge is 0.478 e. The zero-order valence-corrected chi connectivity index (χ0v) is 10.3. The van der Waals surface area contributed by atoms with Crippen LogP contribution in [0.1, 0.15) is 10.4 Å². The van der Waals surface area contributed by atoms with Crippen LogP contribution in [0.5, 0.6) is 0 Å². The fourth-order valence-corrected chi connectivity index (χ4v) is 1.50. The standard InChI is InChI=1S/C10H8BrF4NO2/c11-5-1-2-6(8(17)18)7(3-5)16-4-10(14,15)9(12)13/h1-3,9,16H,4H2,(H,17,18). The molecule has 0 radical (unpaired) electrons. The molecule has 1 aromatic carbocycles. The number of carboxylic acid groups (broad SMARTS) is 1. The van der Waals surface area contributed by atoms with E-state index in [1.807, 2.05) is 5.32 Å². The normalized spacial score (nSPS) is 11.7. The van der Waals surface area contributed by atoms with Gasteiger partial charge in [0, 0.05) is 4.47 Å². The molecule has 0 unspecified atom stereocenters. The molecule has 0 aliphatic heterocycles. The van der Waals surface area contributed by atoms with Crippen LogP contribution in [-0.4, -0.2) is 30.0 Å². The van der Waals surface area contributed by atoms with Crippen molar-refractivity contribution >= 4 is 27.6 Å². The minimum Gasteiger partial charge on any atom is -0.478 e. The monoisotopic (exact) mass is 329 g/mol. The first kappa shape index (κ1) is 14.7. The molecule has 18 heavy (non-hydrogen) atoms. The predicted octanol–water partition coefficient (Wildman–Crippen LogP) is 3.46. The van der Waals surface area contributed by atoms with Gasteiger partial charge in [0.2, 0.25) is 0 Å². The average molecular weight is 330 g/mol. The first-order valence-corrected chi connectivity index (χ1v) is 5.46. The smallest absolute Gasteiger partial charge is 0.337 e. The molecule has 0 aliphatic carbocycles. The number of halogens is 5. The molecule has 8 heteroatoms. The number of aromatic carboxylic acids is 1. The Balaban J connectivity index is 2.90. The second-order valence-corrected chi connectivity index (χ2v) is 4.33. The fraction of sp³-hybridized carbons (Fsp3) is 0.300. The van der Waals surface area contributed by atoms with Crippen LogP contribution in [0, 0.1) is 0 Å². The second-order valence-electron chi connectivity index (χ2n) is 3.41. The van der Waals surface area contributed by atoms with Crippen molar-refractivity contribution in [3.63, 3.8) is 0 Å². The number of nitrogens with one attached hydrogen (secondary N) is 1. The van der Waals surface area contributed by atoms with Crippen LogP contribution in [-0.2, 0) is 0 Å². The summed E-state index contributed by atoms with van der Waals surface area (Å²) in [5, 5.41) is 10.8. The van der Waals surface area contributed by atoms with E-state index >= 15 is 0 Å². The van der Waals surface area contributed by atoms with Crippen molar-refractivity contribution in [1.82, 2.24) is 0 Å². The van der Waals surface area contributed by atoms with Crippen molar-refractivity contribution in [2.75, 3.05) is 11.9 Å². The predicted molar refractivity (Wildman–Crippen MR) is 60.5 cm³/mol. The van der Waals surface area contributed by atoms with Crippen molar-refractivity contribution in [2.24, 2.45) is 0 Å². The summed E-state index contributed by atoms with van der Waals surface area (Å²) in [4.78, 5) is 10.8. The number of anilines is 1. The maximum Gasteiger partial charge on any atom is 0.337 e. The van der Waals surface area contributed by atoms with Crippen LogP contribution >= 0.6 is 15.9 Å². The molecule has 0 saturated heterocycles. The van der Waals surface area contributed by atoms with Crippen molar-refractivity contribution in [3.8, 4) is 0 Å². The number of rotatable bonds is 5. The zero-order valence-electron chi connectivity index (χ0n) is 8.76. The highest BCUT2D eigenvalue weighted by molar-refractivity contribution is 9.10. The third-order valence-electron chi connectivity index (χ3n) is 2.05. The number of hydrogen-bond acceptors (Lipinski definition) is 2. The maximum atomic E-state index is 12.7. The molecular weight excluding hydrogens is 322 g/mol. The second kappa shape index (κ2) is 5.55. The van der Waals surface area contributed by atoms with Crippen LogP contribution in [0.15, 0.2) is 22.7 Å². The van der Waals surface area contributed by atoms with E-state index in [2.05, 4.69) is 15.9 Å². The molecule has 1 rings (SSSR count). The molecule has 0 spiro atoms. The Morgan fingerprint density at radius 2 is 2.06 bits per heavy atom. The third-order valence-corrected chi connectivity index (χ3v) is 2.54. The van der Waals surface area contributed by atoms with Gasteiger partial charge in [-0.2, -0.15) is 8.78 Å². The molecule has 1 aromatic rings. The van der Waals surface area contributed by atoms with Crippen molar-refractivity contribution in [1.29, 1.82) is 0 Å². The van der Waals surface area contributed by atoms with Gasteiger partial charge in [-0.1, -0.05) is 15.9 Å². The number of carboxylic acids is 1. The molecule has 0 aromatic heterocycles. The molecular formula is C10H8BrF4NO2. The summed E-state index contributed by atoms with van der Waals surface area (Å²) in [6, 6.07) is 3.81.